The lowest BCUT2D eigenvalue weighted by Gasteiger charge is -2.13. The highest BCUT2D eigenvalue weighted by Gasteiger charge is 2.14. The van der Waals surface area contributed by atoms with Gasteiger partial charge < -0.3 is 24.8 Å². The van der Waals surface area contributed by atoms with Gasteiger partial charge in [0.15, 0.2) is 11.5 Å². The number of amides is 2. The van der Waals surface area contributed by atoms with Crippen LogP contribution in [0.2, 0.25) is 5.02 Å². The fraction of sp³-hybridized carbons (Fsp3) is 0.286. The topological polar surface area (TPSA) is 94.6 Å². The van der Waals surface area contributed by atoms with Crippen LogP contribution in [0.25, 0.3) is 10.9 Å². The van der Waals surface area contributed by atoms with Crippen molar-refractivity contribution in [1.29, 1.82) is 0 Å². The molecule has 0 bridgehead atoms. The number of methoxy groups -OCH3 is 1. The van der Waals surface area contributed by atoms with E-state index >= 15 is 0 Å². The number of nitrogens with zero attached hydrogens (tertiary/aromatic N) is 2. The van der Waals surface area contributed by atoms with Gasteiger partial charge in [-0.05, 0) is 24.6 Å². The Morgan fingerprint density at radius 3 is 2.74 bits per heavy atom. The molecule has 0 fully saturated rings. The lowest BCUT2D eigenvalue weighted by atomic mass is 10.2. The third kappa shape index (κ3) is 5.89. The summed E-state index contributed by atoms with van der Waals surface area (Å²) in [5.41, 5.74) is 1.12. The summed E-state index contributed by atoms with van der Waals surface area (Å²) in [6.07, 6.45) is 2.25. The maximum atomic E-state index is 11.8. The number of hydrogen-bond donors (Lipinski definition) is 2. The Morgan fingerprint density at radius 1 is 1.19 bits per heavy atom. The zero-order valence-corrected chi connectivity index (χ0v) is 19.4. The Bertz CT molecular complexity index is 1070. The summed E-state index contributed by atoms with van der Waals surface area (Å²) in [5.74, 6) is 1.93. The van der Waals surface area contributed by atoms with Crippen molar-refractivity contribution in [3.05, 3.63) is 41.7 Å². The van der Waals surface area contributed by atoms with Crippen molar-refractivity contribution in [2.75, 3.05) is 30.9 Å². The molecule has 3 aromatic rings. The molecule has 2 amide bonds. The van der Waals surface area contributed by atoms with Gasteiger partial charge in [-0.1, -0.05) is 34.5 Å². The summed E-state index contributed by atoms with van der Waals surface area (Å²) in [7, 11) is 1.56. The number of fused-ring (bicyclic) bond motifs is 1. The van der Waals surface area contributed by atoms with E-state index in [0.717, 1.165) is 6.42 Å². The number of halogens is 2. The van der Waals surface area contributed by atoms with Gasteiger partial charge in [-0.2, -0.15) is 0 Å². The molecule has 164 valence electrons. The van der Waals surface area contributed by atoms with Crippen molar-refractivity contribution in [3.8, 4) is 23.1 Å². The van der Waals surface area contributed by atoms with E-state index in [1.165, 1.54) is 6.33 Å². The Balaban J connectivity index is 1.84. The molecule has 0 unspecified atom stereocenters. The molecular formula is C21H22BrClN4O4. The van der Waals surface area contributed by atoms with E-state index in [4.69, 9.17) is 25.8 Å². The highest BCUT2D eigenvalue weighted by Crippen LogP contribution is 2.37. The molecule has 0 radical (unpaired) electrons. The molecule has 0 aliphatic rings. The van der Waals surface area contributed by atoms with Gasteiger partial charge in [0, 0.05) is 24.0 Å². The summed E-state index contributed by atoms with van der Waals surface area (Å²) >= 11 is 9.65. The second-order valence-corrected chi connectivity index (χ2v) is 7.56. The zero-order valence-electron chi connectivity index (χ0n) is 17.1. The van der Waals surface area contributed by atoms with E-state index in [0.29, 0.717) is 63.2 Å². The maximum absolute atomic E-state index is 11.8. The second-order valence-electron chi connectivity index (χ2n) is 6.36. The summed E-state index contributed by atoms with van der Waals surface area (Å²) in [6, 6.07) is 8.20. The van der Waals surface area contributed by atoms with Crippen LogP contribution in [0.5, 0.6) is 23.1 Å². The summed E-state index contributed by atoms with van der Waals surface area (Å²) in [6.45, 7) is 3.05. The number of urea groups is 1. The van der Waals surface area contributed by atoms with Crippen LogP contribution in [0.4, 0.5) is 10.5 Å². The number of alkyl halides is 1. The predicted octanol–water partition coefficient (Wildman–Crippen LogP) is 5.39. The Morgan fingerprint density at radius 2 is 2.03 bits per heavy atom. The second kappa shape index (κ2) is 11.0. The van der Waals surface area contributed by atoms with Crippen LogP contribution >= 0.6 is 27.5 Å². The Hall–Kier alpha value is -2.78. The first-order valence-electron chi connectivity index (χ1n) is 9.59. The first-order valence-corrected chi connectivity index (χ1v) is 11.1. The smallest absolute Gasteiger partial charge is 0.319 e. The summed E-state index contributed by atoms with van der Waals surface area (Å²) in [4.78, 5) is 20.4. The van der Waals surface area contributed by atoms with Crippen LogP contribution in [0.15, 0.2) is 36.7 Å². The lowest BCUT2D eigenvalue weighted by Crippen LogP contribution is -2.29. The molecular weight excluding hydrogens is 488 g/mol. The molecule has 0 saturated heterocycles. The van der Waals surface area contributed by atoms with Crippen LogP contribution in [-0.2, 0) is 0 Å². The van der Waals surface area contributed by atoms with Gasteiger partial charge in [0.2, 0.25) is 5.88 Å². The number of carbonyl (C=O) groups is 1. The number of hydrogen-bond acceptors (Lipinski definition) is 6. The molecule has 31 heavy (non-hydrogen) atoms. The van der Waals surface area contributed by atoms with Gasteiger partial charge in [0.25, 0.3) is 0 Å². The highest BCUT2D eigenvalue weighted by molar-refractivity contribution is 9.09. The standard InChI is InChI=1S/C21H22BrClN4O4/c1-3-7-24-21(28)27-16-5-4-13(9-15(16)23)31-20-14-10-18(29-2)19(30-8-6-22)11-17(14)25-12-26-20/h4-5,9-12H,3,6-8H2,1-2H3,(H2,24,27,28). The van der Waals surface area contributed by atoms with Gasteiger partial charge in [-0.3, -0.25) is 0 Å². The molecule has 3 rings (SSSR count). The Kier molecular flexibility index (Phi) is 8.13. The van der Waals surface area contributed by atoms with Gasteiger partial charge in [0.05, 0.1) is 35.3 Å². The van der Waals surface area contributed by atoms with Crippen molar-refractivity contribution < 1.29 is 19.0 Å². The average molecular weight is 510 g/mol. The first-order chi connectivity index (χ1) is 15.0. The molecule has 0 aliphatic heterocycles. The van der Waals surface area contributed by atoms with Crippen molar-refractivity contribution >= 4 is 50.2 Å². The number of ether oxygens (including phenoxy) is 3. The Labute approximate surface area is 193 Å². The van der Waals surface area contributed by atoms with Crippen molar-refractivity contribution in [2.45, 2.75) is 13.3 Å². The lowest BCUT2D eigenvalue weighted by molar-refractivity contribution is 0.252. The minimum atomic E-state index is -0.316. The van der Waals surface area contributed by atoms with E-state index in [1.54, 1.807) is 37.4 Å². The molecule has 0 saturated carbocycles. The van der Waals surface area contributed by atoms with Gasteiger partial charge >= 0.3 is 6.03 Å². The van der Waals surface area contributed by atoms with Gasteiger partial charge in [-0.25, -0.2) is 14.8 Å². The van der Waals surface area contributed by atoms with E-state index in [-0.39, 0.29) is 6.03 Å². The molecule has 1 heterocycles. The van der Waals surface area contributed by atoms with Crippen molar-refractivity contribution in [3.63, 3.8) is 0 Å². The molecule has 1 aromatic heterocycles. The molecule has 0 spiro atoms. The van der Waals surface area contributed by atoms with Gasteiger partial charge in [0.1, 0.15) is 12.1 Å². The molecule has 0 aliphatic carbocycles. The third-order valence-electron chi connectivity index (χ3n) is 4.16. The van der Waals surface area contributed by atoms with E-state index in [2.05, 4.69) is 36.5 Å². The normalized spacial score (nSPS) is 10.6. The third-order valence-corrected chi connectivity index (χ3v) is 4.79. The van der Waals surface area contributed by atoms with Crippen LogP contribution in [0.3, 0.4) is 0 Å². The SMILES string of the molecule is CCCNC(=O)Nc1ccc(Oc2ncnc3cc(OCCBr)c(OC)cc23)cc1Cl. The summed E-state index contributed by atoms with van der Waals surface area (Å²) in [5, 5.41) is 7.12. The zero-order chi connectivity index (χ0) is 22.2. The molecule has 2 aromatic carbocycles. The molecule has 10 heteroatoms. The van der Waals surface area contributed by atoms with E-state index < -0.39 is 0 Å². The predicted molar refractivity (Wildman–Crippen MR) is 124 cm³/mol. The van der Waals surface area contributed by atoms with Crippen LogP contribution in [0, 0.1) is 0 Å². The number of carbonyl (C=O) groups excluding carboxylic acids is 1. The molecule has 2 N–H and O–H groups in total. The number of nitrogens with one attached hydrogen (secondary N) is 2. The summed E-state index contributed by atoms with van der Waals surface area (Å²) < 4.78 is 17.1. The minimum Gasteiger partial charge on any atom is -0.493 e. The van der Waals surface area contributed by atoms with Crippen molar-refractivity contribution in [2.24, 2.45) is 0 Å². The monoisotopic (exact) mass is 508 g/mol. The largest absolute Gasteiger partial charge is 0.493 e. The molecule has 8 nitrogen and oxygen atoms in total. The number of aromatic nitrogens is 2. The van der Waals surface area contributed by atoms with E-state index in [1.807, 2.05) is 6.92 Å². The highest BCUT2D eigenvalue weighted by atomic mass is 79.9. The van der Waals surface area contributed by atoms with Crippen molar-refractivity contribution in [1.82, 2.24) is 15.3 Å². The van der Waals surface area contributed by atoms with E-state index in [9.17, 15) is 4.79 Å². The fourth-order valence-corrected chi connectivity index (χ4v) is 3.10. The number of benzene rings is 2. The first kappa shape index (κ1) is 22.9. The minimum absolute atomic E-state index is 0.316. The molecule has 0 atom stereocenters. The van der Waals surface area contributed by atoms with Crippen LogP contribution < -0.4 is 24.8 Å². The number of anilines is 1. The van der Waals surface area contributed by atoms with Gasteiger partial charge in [-0.15, -0.1) is 0 Å². The number of rotatable bonds is 9. The quantitative estimate of drug-likeness (QED) is 0.376. The van der Waals surface area contributed by atoms with Crippen LogP contribution in [-0.4, -0.2) is 41.6 Å². The average Bonchev–Trinajstić information content (AvgIpc) is 2.77. The van der Waals surface area contributed by atoms with Crippen LogP contribution in [0.1, 0.15) is 13.3 Å². The maximum Gasteiger partial charge on any atom is 0.319 e. The fourth-order valence-electron chi connectivity index (χ4n) is 2.72.